The molecule has 0 amide bonds. The molecule has 84 valence electrons. The Balaban J connectivity index is 4.19. The maximum absolute atomic E-state index is 6.22. The van der Waals surface area contributed by atoms with Gasteiger partial charge in [-0.3, -0.25) is 4.90 Å². The maximum Gasteiger partial charge on any atom is 0.0254 e. The summed E-state index contributed by atoms with van der Waals surface area (Å²) in [5.41, 5.74) is 6.15. The van der Waals surface area contributed by atoms with Crippen LogP contribution in [0.15, 0.2) is 12.7 Å². The largest absolute Gasteiger partial charge is 0.324 e. The van der Waals surface area contributed by atoms with Gasteiger partial charge < -0.3 is 5.73 Å². The normalized spacial score (nSPS) is 15.9. The van der Waals surface area contributed by atoms with Crippen molar-refractivity contribution in [3.8, 4) is 0 Å². The van der Waals surface area contributed by atoms with Gasteiger partial charge in [0.05, 0.1) is 0 Å². The monoisotopic (exact) mass is 198 g/mol. The first-order valence-electron chi connectivity index (χ1n) is 5.56. The van der Waals surface area contributed by atoms with Gasteiger partial charge in [0.2, 0.25) is 0 Å². The van der Waals surface area contributed by atoms with Crippen molar-refractivity contribution in [3.63, 3.8) is 0 Å². The van der Waals surface area contributed by atoms with Crippen LogP contribution in [0.25, 0.3) is 0 Å². The van der Waals surface area contributed by atoms with E-state index < -0.39 is 0 Å². The third-order valence-electron chi connectivity index (χ3n) is 2.48. The van der Waals surface area contributed by atoms with Gasteiger partial charge in [-0.05, 0) is 27.2 Å². The van der Waals surface area contributed by atoms with Crippen LogP contribution in [0.5, 0.6) is 0 Å². The van der Waals surface area contributed by atoms with Crippen molar-refractivity contribution in [1.82, 2.24) is 4.90 Å². The van der Waals surface area contributed by atoms with Gasteiger partial charge in [-0.1, -0.05) is 19.4 Å². The Morgan fingerprint density at radius 2 is 2.07 bits per heavy atom. The second-order valence-corrected chi connectivity index (χ2v) is 4.72. The van der Waals surface area contributed by atoms with Gasteiger partial charge in [-0.2, -0.15) is 0 Å². The second kappa shape index (κ2) is 6.20. The molecule has 0 saturated carbocycles. The highest BCUT2D eigenvalue weighted by atomic mass is 15.2. The van der Waals surface area contributed by atoms with Crippen molar-refractivity contribution < 1.29 is 0 Å². The third-order valence-corrected chi connectivity index (χ3v) is 2.48. The van der Waals surface area contributed by atoms with E-state index in [2.05, 4.69) is 39.2 Å². The van der Waals surface area contributed by atoms with Gasteiger partial charge in [0.1, 0.15) is 0 Å². The molecule has 14 heavy (non-hydrogen) atoms. The fourth-order valence-corrected chi connectivity index (χ4v) is 1.74. The third kappa shape index (κ3) is 5.40. The maximum atomic E-state index is 6.22. The number of hydrogen-bond acceptors (Lipinski definition) is 2. The van der Waals surface area contributed by atoms with Crippen molar-refractivity contribution in [2.75, 3.05) is 13.1 Å². The van der Waals surface area contributed by atoms with Crippen molar-refractivity contribution in [2.45, 2.75) is 52.1 Å². The van der Waals surface area contributed by atoms with Gasteiger partial charge in [0.25, 0.3) is 0 Å². The summed E-state index contributed by atoms with van der Waals surface area (Å²) in [5.74, 6) is 0. The first-order chi connectivity index (χ1) is 6.43. The minimum absolute atomic E-state index is 0.0674. The highest BCUT2D eigenvalue weighted by Gasteiger charge is 2.21. The number of hydrogen-bond donors (Lipinski definition) is 1. The standard InChI is InChI=1S/C12H26N2/c1-6-8-12(5,13)10-14(9-7-2)11(3)4/h7,11H,2,6,8-10,13H2,1,3-5H3. The molecular formula is C12H26N2. The Hall–Kier alpha value is -0.340. The molecule has 0 aromatic heterocycles. The van der Waals surface area contributed by atoms with Crippen LogP contribution in [0.3, 0.4) is 0 Å². The van der Waals surface area contributed by atoms with E-state index in [1.807, 2.05) is 6.08 Å². The molecule has 1 unspecified atom stereocenters. The average molecular weight is 198 g/mol. The lowest BCUT2D eigenvalue weighted by Crippen LogP contribution is -2.49. The zero-order chi connectivity index (χ0) is 11.2. The summed E-state index contributed by atoms with van der Waals surface area (Å²) in [4.78, 5) is 2.36. The predicted molar refractivity (Wildman–Crippen MR) is 64.4 cm³/mol. The molecule has 0 radical (unpaired) electrons. The Morgan fingerprint density at radius 1 is 1.50 bits per heavy atom. The summed E-state index contributed by atoms with van der Waals surface area (Å²) in [5, 5.41) is 0. The lowest BCUT2D eigenvalue weighted by molar-refractivity contribution is 0.188. The summed E-state index contributed by atoms with van der Waals surface area (Å²) in [7, 11) is 0. The van der Waals surface area contributed by atoms with E-state index in [9.17, 15) is 0 Å². The van der Waals surface area contributed by atoms with Crippen LogP contribution in [0, 0.1) is 0 Å². The number of nitrogens with two attached hydrogens (primary N) is 1. The van der Waals surface area contributed by atoms with E-state index in [4.69, 9.17) is 5.73 Å². The topological polar surface area (TPSA) is 29.3 Å². The van der Waals surface area contributed by atoms with E-state index in [0.29, 0.717) is 6.04 Å². The predicted octanol–water partition coefficient (Wildman–Crippen LogP) is 2.40. The highest BCUT2D eigenvalue weighted by molar-refractivity contribution is 4.86. The summed E-state index contributed by atoms with van der Waals surface area (Å²) in [6, 6.07) is 0.535. The Labute approximate surface area is 89.2 Å². The minimum Gasteiger partial charge on any atom is -0.324 e. The summed E-state index contributed by atoms with van der Waals surface area (Å²) < 4.78 is 0. The van der Waals surface area contributed by atoms with Crippen LogP contribution in [0.4, 0.5) is 0 Å². The van der Waals surface area contributed by atoms with E-state index >= 15 is 0 Å². The van der Waals surface area contributed by atoms with Crippen molar-refractivity contribution in [3.05, 3.63) is 12.7 Å². The molecule has 2 heteroatoms. The van der Waals surface area contributed by atoms with Gasteiger partial charge in [0.15, 0.2) is 0 Å². The molecule has 0 saturated heterocycles. The van der Waals surface area contributed by atoms with Gasteiger partial charge in [-0.15, -0.1) is 6.58 Å². The quantitative estimate of drug-likeness (QED) is 0.637. The van der Waals surface area contributed by atoms with E-state index in [1.165, 1.54) is 0 Å². The molecule has 0 aromatic carbocycles. The molecule has 0 fully saturated rings. The van der Waals surface area contributed by atoms with Crippen molar-refractivity contribution >= 4 is 0 Å². The van der Waals surface area contributed by atoms with Gasteiger partial charge >= 0.3 is 0 Å². The van der Waals surface area contributed by atoms with Crippen LogP contribution in [0.2, 0.25) is 0 Å². The highest BCUT2D eigenvalue weighted by Crippen LogP contribution is 2.12. The molecule has 2 nitrogen and oxygen atoms in total. The van der Waals surface area contributed by atoms with E-state index in [-0.39, 0.29) is 5.54 Å². The molecule has 1 atom stereocenters. The summed E-state index contributed by atoms with van der Waals surface area (Å²) in [6.45, 7) is 14.4. The Bertz CT molecular complexity index is 162. The Kier molecular flexibility index (Phi) is 6.05. The fourth-order valence-electron chi connectivity index (χ4n) is 1.74. The first-order valence-corrected chi connectivity index (χ1v) is 5.56. The molecule has 2 N–H and O–H groups in total. The molecule has 0 spiro atoms. The molecule has 0 heterocycles. The van der Waals surface area contributed by atoms with Crippen LogP contribution in [0.1, 0.15) is 40.5 Å². The number of rotatable bonds is 7. The molecule has 0 aliphatic rings. The van der Waals surface area contributed by atoms with Gasteiger partial charge in [-0.25, -0.2) is 0 Å². The van der Waals surface area contributed by atoms with E-state index in [1.54, 1.807) is 0 Å². The lowest BCUT2D eigenvalue weighted by atomic mass is 9.96. The molecular weight excluding hydrogens is 172 g/mol. The van der Waals surface area contributed by atoms with Crippen molar-refractivity contribution in [1.29, 1.82) is 0 Å². The second-order valence-electron chi connectivity index (χ2n) is 4.72. The summed E-state index contributed by atoms with van der Waals surface area (Å²) in [6.07, 6.45) is 4.17. The van der Waals surface area contributed by atoms with Crippen LogP contribution < -0.4 is 5.73 Å². The molecule has 0 aromatic rings. The molecule has 0 aliphatic carbocycles. The average Bonchev–Trinajstić information content (AvgIpc) is 2.02. The van der Waals surface area contributed by atoms with Crippen LogP contribution in [-0.2, 0) is 0 Å². The van der Waals surface area contributed by atoms with Crippen LogP contribution in [-0.4, -0.2) is 29.6 Å². The minimum atomic E-state index is -0.0674. The smallest absolute Gasteiger partial charge is 0.0254 e. The van der Waals surface area contributed by atoms with Crippen molar-refractivity contribution in [2.24, 2.45) is 5.73 Å². The van der Waals surface area contributed by atoms with Crippen LogP contribution >= 0.6 is 0 Å². The van der Waals surface area contributed by atoms with E-state index in [0.717, 1.165) is 25.9 Å². The molecule has 0 rings (SSSR count). The SMILES string of the molecule is C=CCN(CC(C)(N)CCC)C(C)C. The summed E-state index contributed by atoms with van der Waals surface area (Å²) >= 11 is 0. The molecule has 0 bridgehead atoms. The number of nitrogens with zero attached hydrogens (tertiary/aromatic N) is 1. The zero-order valence-electron chi connectivity index (χ0n) is 10.2. The first kappa shape index (κ1) is 13.7. The van der Waals surface area contributed by atoms with Gasteiger partial charge in [0, 0.05) is 24.7 Å². The zero-order valence-corrected chi connectivity index (χ0v) is 10.2. The Morgan fingerprint density at radius 3 is 2.43 bits per heavy atom. The molecule has 0 aliphatic heterocycles. The lowest BCUT2D eigenvalue weighted by Gasteiger charge is -2.34. The fraction of sp³-hybridized carbons (Fsp3) is 0.833.